The summed E-state index contributed by atoms with van der Waals surface area (Å²) in [5, 5.41) is 0. The van der Waals surface area contributed by atoms with Gasteiger partial charge >= 0.3 is 0 Å². The molecule has 362 valence electrons. The highest BCUT2D eigenvalue weighted by atomic mass is 15.1. The van der Waals surface area contributed by atoms with E-state index in [1.807, 2.05) is 18.6 Å². The van der Waals surface area contributed by atoms with Crippen LogP contribution >= 0.6 is 0 Å². The van der Waals surface area contributed by atoms with Crippen LogP contribution in [0.5, 0.6) is 0 Å². The third-order valence-electron chi connectivity index (χ3n) is 5.82. The second-order valence-electron chi connectivity index (χ2n) is 10.8. The number of hydrogen-bond donors (Lipinski definition) is 13. The molecule has 61 heavy (non-hydrogen) atoms. The van der Waals surface area contributed by atoms with Gasteiger partial charge in [0.1, 0.15) is 0 Å². The van der Waals surface area contributed by atoms with Crippen molar-refractivity contribution in [1.82, 2.24) is 14.7 Å². The van der Waals surface area contributed by atoms with Gasteiger partial charge in [0.15, 0.2) is 0 Å². The Labute approximate surface area is 377 Å². The molecule has 0 spiro atoms. The molecule has 4 fully saturated rings. The van der Waals surface area contributed by atoms with Gasteiger partial charge in [-0.1, -0.05) is 80.1 Å². The fraction of sp³-hybridized carbons (Fsp3) is 0.422. The fourth-order valence-electron chi connectivity index (χ4n) is 3.84. The largest absolute Gasteiger partial charge is 0.405 e. The standard InChI is InChI=1S/2C7H14N2.C6H12N2.C5H9N.9C2H5N.2CH4/c2*8-4-7-9-5-2-1-3-6-9;7-3-6-8-4-1-2-5-8;6-4-3-5-1-2-5;9*1-2-3;;/h2*4,7H,1-3,5-6,8H2;3,6H,1-2,4-5,7H2;3-5H,1-2,6H2;9*2H,1,3H2;2*1H4. The Morgan fingerprint density at radius 1 is 0.295 bits per heavy atom. The third-order valence-corrected chi connectivity index (χ3v) is 5.82. The van der Waals surface area contributed by atoms with Gasteiger partial charge in [0.2, 0.25) is 0 Å². The van der Waals surface area contributed by atoms with E-state index in [2.05, 4.69) is 132 Å². The van der Waals surface area contributed by atoms with Gasteiger partial charge < -0.3 is 89.2 Å². The predicted octanol–water partition coefficient (Wildman–Crippen LogP) is 5.25. The van der Waals surface area contributed by atoms with Gasteiger partial charge in [0.25, 0.3) is 0 Å². The maximum absolute atomic E-state index is 5.24. The van der Waals surface area contributed by atoms with E-state index in [9.17, 15) is 0 Å². The Morgan fingerprint density at radius 3 is 0.574 bits per heavy atom. The van der Waals surface area contributed by atoms with E-state index in [0.29, 0.717) is 0 Å². The van der Waals surface area contributed by atoms with Crippen molar-refractivity contribution in [3.63, 3.8) is 0 Å². The van der Waals surface area contributed by atoms with Crippen molar-refractivity contribution < 1.29 is 0 Å². The van der Waals surface area contributed by atoms with Crippen LogP contribution in [0.4, 0.5) is 0 Å². The summed E-state index contributed by atoms with van der Waals surface area (Å²) in [5.74, 6) is 0.843. The smallest absolute Gasteiger partial charge is 0.0173 e. The molecule has 3 heterocycles. The molecule has 0 atom stereocenters. The summed E-state index contributed by atoms with van der Waals surface area (Å²) in [6.07, 6.45) is 39.1. The van der Waals surface area contributed by atoms with E-state index in [-0.39, 0.29) is 14.9 Å². The van der Waals surface area contributed by atoms with Crippen molar-refractivity contribution in [3.05, 3.63) is 164 Å². The number of nitrogens with two attached hydrogens (primary N) is 13. The lowest BCUT2D eigenvalue weighted by atomic mass is 10.1. The third kappa shape index (κ3) is 143. The van der Waals surface area contributed by atoms with Crippen LogP contribution < -0.4 is 74.5 Å². The second kappa shape index (κ2) is 99.4. The molecule has 16 heteroatoms. The summed E-state index contributed by atoms with van der Waals surface area (Å²) in [4.78, 5) is 6.77. The number of allylic oxidation sites excluding steroid dienone is 1. The van der Waals surface area contributed by atoms with Gasteiger partial charge in [-0.15, -0.1) is 0 Å². The lowest BCUT2D eigenvalue weighted by molar-refractivity contribution is 0.309. The molecule has 0 aromatic carbocycles. The van der Waals surface area contributed by atoms with E-state index >= 15 is 0 Å². The van der Waals surface area contributed by atoms with Crippen molar-refractivity contribution in [1.29, 1.82) is 0 Å². The second-order valence-corrected chi connectivity index (χ2v) is 10.8. The highest BCUT2D eigenvalue weighted by Gasteiger charge is 2.16. The first kappa shape index (κ1) is 82.4. The summed E-state index contributed by atoms with van der Waals surface area (Å²) >= 11 is 0. The van der Waals surface area contributed by atoms with Gasteiger partial charge in [-0.3, -0.25) is 0 Å². The molecule has 0 bridgehead atoms. The van der Waals surface area contributed by atoms with Crippen LogP contribution in [0.3, 0.4) is 0 Å². The quantitative estimate of drug-likeness (QED) is 0.171. The maximum Gasteiger partial charge on any atom is 0.0173 e. The minimum atomic E-state index is 0. The molecule has 4 rings (SSSR count). The Kier molecular flexibility index (Phi) is 134. The molecule has 0 aromatic heterocycles. The van der Waals surface area contributed by atoms with Crippen LogP contribution in [0.1, 0.15) is 79.1 Å². The Morgan fingerprint density at radius 2 is 0.459 bits per heavy atom. The molecular weight excluding hydrogens is 765 g/mol. The molecule has 26 N–H and O–H groups in total. The van der Waals surface area contributed by atoms with Crippen LogP contribution in [0.15, 0.2) is 164 Å². The van der Waals surface area contributed by atoms with Gasteiger partial charge in [0.05, 0.1) is 0 Å². The van der Waals surface area contributed by atoms with E-state index in [0.717, 1.165) is 5.92 Å². The molecule has 16 nitrogen and oxygen atoms in total. The number of nitrogens with zero attached hydrogens (tertiary/aromatic N) is 3. The number of piperidine rings is 2. The number of likely N-dealkylation sites (tertiary alicyclic amines) is 3. The normalized spacial score (nSPS) is 13.0. The summed E-state index contributed by atoms with van der Waals surface area (Å²) in [6.45, 7) is 35.4. The molecule has 4 aliphatic rings. The molecule has 1 saturated carbocycles. The van der Waals surface area contributed by atoms with E-state index in [1.165, 1.54) is 159 Å². The summed E-state index contributed by atoms with van der Waals surface area (Å²) in [5.41, 5.74) is 62.2. The minimum Gasteiger partial charge on any atom is -0.405 e. The van der Waals surface area contributed by atoms with E-state index in [4.69, 9.17) is 22.9 Å². The molecule has 0 amide bonds. The monoisotopic (exact) mass is 867 g/mol. The van der Waals surface area contributed by atoms with Crippen molar-refractivity contribution in [2.45, 2.75) is 79.1 Å². The fourth-order valence-corrected chi connectivity index (χ4v) is 3.84. The zero-order chi connectivity index (χ0) is 47.6. The van der Waals surface area contributed by atoms with Crippen molar-refractivity contribution in [3.8, 4) is 0 Å². The van der Waals surface area contributed by atoms with Crippen molar-refractivity contribution >= 4 is 0 Å². The molecule has 0 radical (unpaired) electrons. The Hall–Kier alpha value is -6.58. The average Bonchev–Trinajstić information content (AvgIpc) is 3.88. The van der Waals surface area contributed by atoms with Crippen LogP contribution in [-0.2, 0) is 0 Å². The average molecular weight is 867 g/mol. The van der Waals surface area contributed by atoms with E-state index in [1.54, 1.807) is 24.8 Å². The molecule has 3 saturated heterocycles. The Bertz CT molecular complexity index is 817. The highest BCUT2D eigenvalue weighted by molar-refractivity contribution is 4.93. The topological polar surface area (TPSA) is 348 Å². The lowest BCUT2D eigenvalue weighted by Crippen LogP contribution is -2.24. The summed E-state index contributed by atoms with van der Waals surface area (Å²) < 4.78 is 0. The number of rotatable bonds is 4. The van der Waals surface area contributed by atoms with Crippen LogP contribution in [0.2, 0.25) is 0 Å². The Balaban J connectivity index is -0.0000000509. The van der Waals surface area contributed by atoms with Crippen molar-refractivity contribution in [2.75, 3.05) is 39.3 Å². The highest BCUT2D eigenvalue weighted by Crippen LogP contribution is 2.29. The van der Waals surface area contributed by atoms with Crippen LogP contribution in [0, 0.1) is 5.92 Å². The molecule has 3 aliphatic heterocycles. The van der Waals surface area contributed by atoms with Crippen LogP contribution in [-0.4, -0.2) is 54.0 Å². The van der Waals surface area contributed by atoms with Crippen molar-refractivity contribution in [2.24, 2.45) is 80.5 Å². The first-order valence-corrected chi connectivity index (χ1v) is 19.2. The van der Waals surface area contributed by atoms with Gasteiger partial charge in [-0.2, -0.15) is 0 Å². The first-order valence-electron chi connectivity index (χ1n) is 19.2. The van der Waals surface area contributed by atoms with Gasteiger partial charge in [0, 0.05) is 76.5 Å². The molecule has 0 unspecified atom stereocenters. The zero-order valence-corrected chi connectivity index (χ0v) is 36.9. The van der Waals surface area contributed by atoms with Gasteiger partial charge in [-0.05, 0) is 132 Å². The lowest BCUT2D eigenvalue weighted by Gasteiger charge is -2.24. The maximum atomic E-state index is 5.24. The predicted molar refractivity (Wildman–Crippen MR) is 281 cm³/mol. The summed E-state index contributed by atoms with van der Waals surface area (Å²) in [7, 11) is 0. The molecular formula is C45H102N16. The molecule has 0 aromatic rings. The SMILES string of the molecule is C.C.C=CN.C=CN.C=CN.C=CN.C=CN.C=CN.C=CN.C=CN.C=CN.NC=CC1CC1.NC=CN1CCCC1.NC=CN1CCCCC1.NC=CN1CCCCC1. The first-order chi connectivity index (χ1) is 28.5. The summed E-state index contributed by atoms with van der Waals surface area (Å²) in [6, 6.07) is 0. The van der Waals surface area contributed by atoms with Gasteiger partial charge in [-0.25, -0.2) is 0 Å². The molecule has 1 aliphatic carbocycles. The van der Waals surface area contributed by atoms with E-state index < -0.39 is 0 Å². The number of hydrogen-bond acceptors (Lipinski definition) is 16. The minimum absolute atomic E-state index is 0. The van der Waals surface area contributed by atoms with Crippen LogP contribution in [0.25, 0.3) is 0 Å². The zero-order valence-electron chi connectivity index (χ0n) is 36.9.